The first-order valence-corrected chi connectivity index (χ1v) is 7.11. The quantitative estimate of drug-likeness (QED) is 0.912. The van der Waals surface area contributed by atoms with E-state index in [1.54, 1.807) is 6.07 Å². The maximum Gasteiger partial charge on any atom is 0.244 e. The predicted octanol–water partition coefficient (Wildman–Crippen LogP) is 3.09. The topological polar surface area (TPSA) is 49.4 Å². The standard InChI is InChI=1S/C17H15F3N2O2/c1-11(23)22(9-12-5-2-3-6-13(12)18)10-16(24)21-17-14(19)7-4-8-15(17)20/h2-8H,9-10H2,1H3,(H,21,24). The molecule has 0 spiro atoms. The van der Waals surface area contributed by atoms with Crippen molar-refractivity contribution in [1.29, 1.82) is 0 Å². The lowest BCUT2D eigenvalue weighted by atomic mass is 10.2. The molecule has 0 fully saturated rings. The van der Waals surface area contributed by atoms with Gasteiger partial charge in [-0.3, -0.25) is 9.59 Å². The van der Waals surface area contributed by atoms with Crippen molar-refractivity contribution in [2.45, 2.75) is 13.5 Å². The van der Waals surface area contributed by atoms with Gasteiger partial charge in [-0.15, -0.1) is 0 Å². The average Bonchev–Trinajstić information content (AvgIpc) is 2.52. The summed E-state index contributed by atoms with van der Waals surface area (Å²) in [6, 6.07) is 9.00. The van der Waals surface area contributed by atoms with Crippen LogP contribution in [0, 0.1) is 17.5 Å². The van der Waals surface area contributed by atoms with E-state index in [0.29, 0.717) is 0 Å². The van der Waals surface area contributed by atoms with E-state index in [-0.39, 0.29) is 12.1 Å². The number of carbonyl (C=O) groups excluding carboxylic acids is 2. The molecule has 7 heteroatoms. The Kier molecular flexibility index (Phi) is 5.57. The van der Waals surface area contributed by atoms with Gasteiger partial charge < -0.3 is 10.2 Å². The van der Waals surface area contributed by atoms with Crippen LogP contribution in [0.15, 0.2) is 42.5 Å². The van der Waals surface area contributed by atoms with Crippen LogP contribution in [0.25, 0.3) is 0 Å². The third kappa shape index (κ3) is 4.34. The van der Waals surface area contributed by atoms with E-state index < -0.39 is 41.5 Å². The molecule has 24 heavy (non-hydrogen) atoms. The van der Waals surface area contributed by atoms with Crippen LogP contribution in [0.5, 0.6) is 0 Å². The molecule has 4 nitrogen and oxygen atoms in total. The zero-order chi connectivity index (χ0) is 17.7. The van der Waals surface area contributed by atoms with Crippen molar-refractivity contribution in [1.82, 2.24) is 4.90 Å². The van der Waals surface area contributed by atoms with Crippen molar-refractivity contribution in [3.05, 3.63) is 65.5 Å². The summed E-state index contributed by atoms with van der Waals surface area (Å²) in [5.41, 5.74) is -0.352. The second kappa shape index (κ2) is 7.63. The van der Waals surface area contributed by atoms with E-state index in [1.807, 2.05) is 0 Å². The Labute approximate surface area is 136 Å². The molecule has 0 unspecified atom stereocenters. The first-order chi connectivity index (χ1) is 11.4. The number of halogens is 3. The lowest BCUT2D eigenvalue weighted by Gasteiger charge is -2.21. The molecule has 0 aliphatic heterocycles. The van der Waals surface area contributed by atoms with E-state index in [1.165, 1.54) is 31.2 Å². The lowest BCUT2D eigenvalue weighted by molar-refractivity contribution is -0.133. The average molecular weight is 336 g/mol. The van der Waals surface area contributed by atoms with Crippen LogP contribution in [-0.4, -0.2) is 23.3 Å². The molecule has 2 rings (SSSR count). The molecule has 0 saturated carbocycles. The molecule has 126 valence electrons. The van der Waals surface area contributed by atoms with Crippen LogP contribution in [-0.2, 0) is 16.1 Å². The van der Waals surface area contributed by atoms with Gasteiger partial charge in [-0.25, -0.2) is 13.2 Å². The van der Waals surface area contributed by atoms with E-state index in [0.717, 1.165) is 17.0 Å². The Morgan fingerprint density at radius 3 is 2.12 bits per heavy atom. The third-order valence-electron chi connectivity index (χ3n) is 3.33. The number of hydrogen-bond acceptors (Lipinski definition) is 2. The molecule has 0 aromatic heterocycles. The Hall–Kier alpha value is -2.83. The van der Waals surface area contributed by atoms with Crippen LogP contribution in [0.4, 0.5) is 18.9 Å². The highest BCUT2D eigenvalue weighted by molar-refractivity contribution is 5.94. The minimum Gasteiger partial charge on any atom is -0.329 e. The van der Waals surface area contributed by atoms with Gasteiger partial charge in [-0.2, -0.15) is 0 Å². The minimum absolute atomic E-state index is 0.130. The molecule has 2 aromatic carbocycles. The molecule has 0 radical (unpaired) electrons. The molecule has 0 aliphatic rings. The van der Waals surface area contributed by atoms with Crippen LogP contribution in [0.3, 0.4) is 0 Å². The van der Waals surface area contributed by atoms with Gasteiger partial charge in [0.15, 0.2) is 0 Å². The van der Waals surface area contributed by atoms with Crippen molar-refractivity contribution >= 4 is 17.5 Å². The number of nitrogens with one attached hydrogen (secondary N) is 1. The van der Waals surface area contributed by atoms with Crippen molar-refractivity contribution in [3.63, 3.8) is 0 Å². The summed E-state index contributed by atoms with van der Waals surface area (Å²) < 4.78 is 40.7. The molecule has 2 amide bonds. The van der Waals surface area contributed by atoms with Crippen molar-refractivity contribution in [3.8, 4) is 0 Å². The van der Waals surface area contributed by atoms with E-state index in [4.69, 9.17) is 0 Å². The van der Waals surface area contributed by atoms with Crippen LogP contribution >= 0.6 is 0 Å². The van der Waals surface area contributed by atoms with Gasteiger partial charge in [0.05, 0.1) is 0 Å². The molecule has 0 bridgehead atoms. The normalized spacial score (nSPS) is 10.3. The van der Waals surface area contributed by atoms with E-state index in [2.05, 4.69) is 5.32 Å². The van der Waals surface area contributed by atoms with Crippen molar-refractivity contribution < 1.29 is 22.8 Å². The number of carbonyl (C=O) groups is 2. The zero-order valence-corrected chi connectivity index (χ0v) is 12.9. The van der Waals surface area contributed by atoms with Gasteiger partial charge >= 0.3 is 0 Å². The number of nitrogens with zero attached hydrogens (tertiary/aromatic N) is 1. The van der Waals surface area contributed by atoms with Crippen LogP contribution in [0.2, 0.25) is 0 Å². The van der Waals surface area contributed by atoms with Gasteiger partial charge in [-0.05, 0) is 18.2 Å². The number of hydrogen-bond donors (Lipinski definition) is 1. The van der Waals surface area contributed by atoms with Gasteiger partial charge in [0, 0.05) is 19.0 Å². The fraction of sp³-hybridized carbons (Fsp3) is 0.176. The highest BCUT2D eigenvalue weighted by Gasteiger charge is 2.18. The molecule has 0 aliphatic carbocycles. The third-order valence-corrected chi connectivity index (χ3v) is 3.33. The summed E-state index contributed by atoms with van der Waals surface area (Å²) in [6.45, 7) is 0.629. The molecule has 0 saturated heterocycles. The Balaban J connectivity index is 2.09. The molecule has 1 N–H and O–H groups in total. The molecular weight excluding hydrogens is 321 g/mol. The Morgan fingerprint density at radius 2 is 1.54 bits per heavy atom. The maximum absolute atomic E-state index is 13.7. The van der Waals surface area contributed by atoms with Gasteiger partial charge in [0.1, 0.15) is 29.7 Å². The highest BCUT2D eigenvalue weighted by atomic mass is 19.1. The van der Waals surface area contributed by atoms with Crippen LogP contribution in [0.1, 0.15) is 12.5 Å². The summed E-state index contributed by atoms with van der Waals surface area (Å²) in [7, 11) is 0. The SMILES string of the molecule is CC(=O)N(CC(=O)Nc1c(F)cccc1F)Cc1ccccc1F. The Morgan fingerprint density at radius 1 is 0.958 bits per heavy atom. The number of benzene rings is 2. The first kappa shape index (κ1) is 17.5. The van der Waals surface area contributed by atoms with Gasteiger partial charge in [-0.1, -0.05) is 24.3 Å². The minimum atomic E-state index is -0.924. The maximum atomic E-state index is 13.7. The Bertz CT molecular complexity index is 745. The second-order valence-corrected chi connectivity index (χ2v) is 5.11. The second-order valence-electron chi connectivity index (χ2n) is 5.11. The smallest absolute Gasteiger partial charge is 0.244 e. The predicted molar refractivity (Wildman–Crippen MR) is 82.5 cm³/mol. The summed E-state index contributed by atoms with van der Waals surface area (Å²) in [4.78, 5) is 24.7. The number of para-hydroxylation sites is 1. The summed E-state index contributed by atoms with van der Waals surface area (Å²) in [6.07, 6.45) is 0. The van der Waals surface area contributed by atoms with Crippen molar-refractivity contribution in [2.24, 2.45) is 0 Å². The molecule has 2 aromatic rings. The number of rotatable bonds is 5. The largest absolute Gasteiger partial charge is 0.329 e. The zero-order valence-electron chi connectivity index (χ0n) is 12.9. The number of amides is 2. The summed E-state index contributed by atoms with van der Waals surface area (Å²) in [5.74, 6) is -3.61. The molecular formula is C17H15F3N2O2. The summed E-state index contributed by atoms with van der Waals surface area (Å²) in [5, 5.41) is 2.09. The van der Waals surface area contributed by atoms with E-state index >= 15 is 0 Å². The molecule has 0 heterocycles. The first-order valence-electron chi connectivity index (χ1n) is 7.11. The fourth-order valence-electron chi connectivity index (χ4n) is 2.08. The highest BCUT2D eigenvalue weighted by Crippen LogP contribution is 2.18. The summed E-state index contributed by atoms with van der Waals surface area (Å²) >= 11 is 0. The fourth-order valence-corrected chi connectivity index (χ4v) is 2.08. The lowest BCUT2D eigenvalue weighted by Crippen LogP contribution is -2.36. The van der Waals surface area contributed by atoms with E-state index in [9.17, 15) is 22.8 Å². The monoisotopic (exact) mass is 336 g/mol. The molecule has 0 atom stereocenters. The number of anilines is 1. The van der Waals surface area contributed by atoms with Gasteiger partial charge in [0.25, 0.3) is 0 Å². The van der Waals surface area contributed by atoms with Crippen molar-refractivity contribution in [2.75, 3.05) is 11.9 Å². The van der Waals surface area contributed by atoms with Gasteiger partial charge in [0.2, 0.25) is 11.8 Å². The van der Waals surface area contributed by atoms with Crippen LogP contribution < -0.4 is 5.32 Å².